The molecule has 100 valence electrons. The van der Waals surface area contributed by atoms with Crippen molar-refractivity contribution in [2.24, 2.45) is 7.05 Å². The highest BCUT2D eigenvalue weighted by Gasteiger charge is 2.12. The molecule has 0 spiro atoms. The van der Waals surface area contributed by atoms with Gasteiger partial charge < -0.3 is 9.13 Å². The SMILES string of the molecule is CCn1ccc(=O)n(CC(=O)c2ccn(C)c2)c1=O. The number of rotatable bonds is 4. The van der Waals surface area contributed by atoms with Crippen LogP contribution >= 0.6 is 0 Å². The summed E-state index contributed by atoms with van der Waals surface area (Å²) in [5, 5.41) is 0. The fourth-order valence-electron chi connectivity index (χ4n) is 1.85. The molecule has 2 rings (SSSR count). The molecule has 0 aromatic carbocycles. The fourth-order valence-corrected chi connectivity index (χ4v) is 1.85. The predicted molar refractivity (Wildman–Crippen MR) is 70.4 cm³/mol. The molecule has 2 heterocycles. The van der Waals surface area contributed by atoms with Gasteiger partial charge in [-0.3, -0.25) is 14.2 Å². The summed E-state index contributed by atoms with van der Waals surface area (Å²) in [7, 11) is 1.80. The van der Waals surface area contributed by atoms with Crippen molar-refractivity contribution in [2.45, 2.75) is 20.0 Å². The van der Waals surface area contributed by atoms with Crippen molar-refractivity contribution in [2.75, 3.05) is 0 Å². The summed E-state index contributed by atoms with van der Waals surface area (Å²) in [5.74, 6) is -0.256. The number of carbonyl (C=O) groups is 1. The third kappa shape index (κ3) is 2.57. The first-order chi connectivity index (χ1) is 9.02. The van der Waals surface area contributed by atoms with Crippen molar-refractivity contribution >= 4 is 5.78 Å². The van der Waals surface area contributed by atoms with Gasteiger partial charge in [0.2, 0.25) is 0 Å². The lowest BCUT2D eigenvalue weighted by molar-refractivity contribution is 0.0968. The summed E-state index contributed by atoms with van der Waals surface area (Å²) in [6.07, 6.45) is 4.84. The van der Waals surface area contributed by atoms with Crippen molar-refractivity contribution in [3.63, 3.8) is 0 Å². The van der Waals surface area contributed by atoms with E-state index in [0.717, 1.165) is 4.57 Å². The van der Waals surface area contributed by atoms with Gasteiger partial charge in [0.15, 0.2) is 5.78 Å². The first kappa shape index (κ1) is 13.1. The molecule has 0 fully saturated rings. The second kappa shape index (κ2) is 5.09. The quantitative estimate of drug-likeness (QED) is 0.741. The van der Waals surface area contributed by atoms with Crippen molar-refractivity contribution in [1.29, 1.82) is 0 Å². The summed E-state index contributed by atoms with van der Waals surface area (Å²) >= 11 is 0. The molecule has 0 atom stereocenters. The normalized spacial score (nSPS) is 10.6. The molecule has 0 N–H and O–H groups in total. The Labute approximate surface area is 109 Å². The van der Waals surface area contributed by atoms with Gasteiger partial charge in [0, 0.05) is 43.8 Å². The largest absolute Gasteiger partial charge is 0.357 e. The number of nitrogens with zero attached hydrogens (tertiary/aromatic N) is 3. The lowest BCUT2D eigenvalue weighted by Crippen LogP contribution is -2.40. The molecule has 0 radical (unpaired) electrons. The van der Waals surface area contributed by atoms with E-state index in [1.54, 1.807) is 37.0 Å². The van der Waals surface area contributed by atoms with Crippen molar-refractivity contribution in [3.8, 4) is 0 Å². The molecule has 0 aliphatic rings. The Morgan fingerprint density at radius 1 is 1.21 bits per heavy atom. The topological polar surface area (TPSA) is 66.0 Å². The van der Waals surface area contributed by atoms with E-state index in [9.17, 15) is 14.4 Å². The summed E-state index contributed by atoms with van der Waals surface area (Å²) in [5.41, 5.74) is -0.432. The van der Waals surface area contributed by atoms with Gasteiger partial charge in [0.05, 0.1) is 6.54 Å². The molecule has 0 aliphatic carbocycles. The Hall–Kier alpha value is -2.37. The highest BCUT2D eigenvalue weighted by molar-refractivity contribution is 5.95. The molecule has 0 aliphatic heterocycles. The van der Waals surface area contributed by atoms with Gasteiger partial charge in [0.1, 0.15) is 0 Å². The molecule has 19 heavy (non-hydrogen) atoms. The van der Waals surface area contributed by atoms with Gasteiger partial charge in [-0.15, -0.1) is 0 Å². The van der Waals surface area contributed by atoms with Crippen LogP contribution in [0.1, 0.15) is 17.3 Å². The smallest absolute Gasteiger partial charge is 0.331 e. The molecule has 0 unspecified atom stereocenters. The highest BCUT2D eigenvalue weighted by atomic mass is 16.2. The van der Waals surface area contributed by atoms with Crippen LogP contribution in [-0.2, 0) is 20.1 Å². The van der Waals surface area contributed by atoms with Gasteiger partial charge in [-0.25, -0.2) is 4.79 Å². The van der Waals surface area contributed by atoms with Crippen LogP contribution in [0.15, 0.2) is 40.3 Å². The van der Waals surface area contributed by atoms with Crippen LogP contribution in [0.5, 0.6) is 0 Å². The van der Waals surface area contributed by atoms with Gasteiger partial charge in [-0.05, 0) is 13.0 Å². The molecule has 0 saturated heterocycles. The standard InChI is InChI=1S/C13H15N3O3/c1-3-15-7-5-12(18)16(13(15)19)9-11(17)10-4-6-14(2)8-10/h4-8H,3,9H2,1-2H3. The van der Waals surface area contributed by atoms with Crippen LogP contribution in [0.4, 0.5) is 0 Å². The molecule has 2 aromatic rings. The number of carbonyl (C=O) groups excluding carboxylic acids is 1. The van der Waals surface area contributed by atoms with E-state index in [4.69, 9.17) is 0 Å². The summed E-state index contributed by atoms with van der Waals surface area (Å²) in [6, 6.07) is 2.96. The van der Waals surface area contributed by atoms with E-state index < -0.39 is 11.2 Å². The van der Waals surface area contributed by atoms with Crippen molar-refractivity contribution in [3.05, 3.63) is 57.1 Å². The summed E-state index contributed by atoms with van der Waals surface area (Å²) in [6.45, 7) is 2.02. The Morgan fingerprint density at radius 3 is 2.53 bits per heavy atom. The number of hydrogen-bond donors (Lipinski definition) is 0. The van der Waals surface area contributed by atoms with Gasteiger partial charge in [-0.2, -0.15) is 0 Å². The van der Waals surface area contributed by atoms with E-state index in [1.165, 1.54) is 16.8 Å². The van der Waals surface area contributed by atoms with Crippen LogP contribution in [0.3, 0.4) is 0 Å². The van der Waals surface area contributed by atoms with Crippen molar-refractivity contribution < 1.29 is 4.79 Å². The third-order valence-electron chi connectivity index (χ3n) is 2.94. The minimum Gasteiger partial charge on any atom is -0.357 e. The van der Waals surface area contributed by atoms with Crippen molar-refractivity contribution in [1.82, 2.24) is 13.7 Å². The molecular formula is C13H15N3O3. The van der Waals surface area contributed by atoms with E-state index in [0.29, 0.717) is 12.1 Å². The minimum absolute atomic E-state index is 0.234. The molecule has 0 amide bonds. The van der Waals surface area contributed by atoms with Crippen LogP contribution in [0.25, 0.3) is 0 Å². The number of ketones is 1. The van der Waals surface area contributed by atoms with Crippen LogP contribution in [0, 0.1) is 0 Å². The minimum atomic E-state index is -0.459. The zero-order valence-electron chi connectivity index (χ0n) is 10.9. The lowest BCUT2D eigenvalue weighted by Gasteiger charge is -2.06. The Balaban J connectivity index is 2.36. The number of Topliss-reactive ketones (excluding diaryl/α,β-unsaturated/α-hetero) is 1. The Kier molecular flexibility index (Phi) is 3.50. The molecule has 0 bridgehead atoms. The average molecular weight is 261 g/mol. The van der Waals surface area contributed by atoms with Crippen LogP contribution < -0.4 is 11.2 Å². The molecule has 6 nitrogen and oxygen atoms in total. The zero-order chi connectivity index (χ0) is 14.0. The predicted octanol–water partition coefficient (Wildman–Crippen LogP) is 0.251. The maximum absolute atomic E-state index is 12.0. The molecule has 2 aromatic heterocycles. The Morgan fingerprint density at radius 2 is 1.95 bits per heavy atom. The first-order valence-corrected chi connectivity index (χ1v) is 5.98. The number of aryl methyl sites for hydroxylation is 2. The fraction of sp³-hybridized carbons (Fsp3) is 0.308. The maximum atomic E-state index is 12.0. The zero-order valence-corrected chi connectivity index (χ0v) is 10.9. The second-order valence-corrected chi connectivity index (χ2v) is 4.30. The summed E-state index contributed by atoms with van der Waals surface area (Å²) in [4.78, 5) is 35.6. The molecular weight excluding hydrogens is 246 g/mol. The maximum Gasteiger partial charge on any atom is 0.331 e. The van der Waals surface area contributed by atoms with Gasteiger partial charge >= 0.3 is 5.69 Å². The van der Waals surface area contributed by atoms with E-state index in [2.05, 4.69) is 0 Å². The second-order valence-electron chi connectivity index (χ2n) is 4.30. The highest BCUT2D eigenvalue weighted by Crippen LogP contribution is 2.01. The molecule has 6 heteroatoms. The lowest BCUT2D eigenvalue weighted by atomic mass is 10.2. The monoisotopic (exact) mass is 261 g/mol. The van der Waals surface area contributed by atoms with E-state index in [1.807, 2.05) is 0 Å². The van der Waals surface area contributed by atoms with E-state index >= 15 is 0 Å². The van der Waals surface area contributed by atoms with Crippen LogP contribution in [0.2, 0.25) is 0 Å². The number of hydrogen-bond acceptors (Lipinski definition) is 3. The first-order valence-electron chi connectivity index (χ1n) is 5.98. The average Bonchev–Trinajstić information content (AvgIpc) is 2.81. The van der Waals surface area contributed by atoms with Crippen LogP contribution in [-0.4, -0.2) is 19.5 Å². The van der Waals surface area contributed by atoms with Gasteiger partial charge in [0.25, 0.3) is 5.56 Å². The van der Waals surface area contributed by atoms with Gasteiger partial charge in [-0.1, -0.05) is 0 Å². The summed E-state index contributed by atoms with van der Waals surface area (Å²) < 4.78 is 4.09. The third-order valence-corrected chi connectivity index (χ3v) is 2.94. The van der Waals surface area contributed by atoms with E-state index in [-0.39, 0.29) is 12.3 Å². The molecule has 0 saturated carbocycles. The Bertz CT molecular complexity index is 721. The number of aromatic nitrogens is 3.